The lowest BCUT2D eigenvalue weighted by molar-refractivity contribution is -0.129. The molecule has 4 nitrogen and oxygen atoms in total. The number of amides is 2. The Morgan fingerprint density at radius 2 is 2.47 bits per heavy atom. The molecule has 0 saturated carbocycles. The van der Waals surface area contributed by atoms with Gasteiger partial charge in [0.2, 0.25) is 11.8 Å². The van der Waals surface area contributed by atoms with E-state index in [1.165, 1.54) is 10.4 Å². The molecule has 1 fully saturated rings. The highest BCUT2D eigenvalue weighted by Crippen LogP contribution is 2.16. The van der Waals surface area contributed by atoms with Crippen molar-refractivity contribution in [2.24, 2.45) is 5.92 Å². The van der Waals surface area contributed by atoms with E-state index in [1.807, 2.05) is 18.4 Å². The molecule has 0 aliphatic carbocycles. The van der Waals surface area contributed by atoms with Gasteiger partial charge in [-0.25, -0.2) is 0 Å². The molecule has 1 aliphatic heterocycles. The van der Waals surface area contributed by atoms with Gasteiger partial charge in [-0.15, -0.1) is 11.3 Å². The third kappa shape index (κ3) is 3.06. The fourth-order valence-corrected chi connectivity index (χ4v) is 2.70. The highest BCUT2D eigenvalue weighted by Gasteiger charge is 2.24. The highest BCUT2D eigenvalue weighted by molar-refractivity contribution is 7.10. The van der Waals surface area contributed by atoms with E-state index >= 15 is 0 Å². The summed E-state index contributed by atoms with van der Waals surface area (Å²) in [7, 11) is 0. The van der Waals surface area contributed by atoms with Gasteiger partial charge in [0, 0.05) is 17.8 Å². The average molecular weight is 252 g/mol. The molecule has 1 saturated heterocycles. The van der Waals surface area contributed by atoms with Crippen molar-refractivity contribution < 1.29 is 9.59 Å². The number of rotatable bonds is 3. The summed E-state index contributed by atoms with van der Waals surface area (Å²) >= 11 is 1.65. The molecule has 1 unspecified atom stereocenters. The monoisotopic (exact) mass is 252 g/mol. The Hall–Kier alpha value is -1.36. The first-order chi connectivity index (χ1) is 8.16. The molecule has 0 aromatic carbocycles. The third-order valence-corrected chi connectivity index (χ3v) is 4.05. The number of carbonyl (C=O) groups excluding carboxylic acids is 2. The summed E-state index contributed by atoms with van der Waals surface area (Å²) in [6.45, 7) is 3.10. The number of hydrogen-bond acceptors (Lipinski definition) is 3. The quantitative estimate of drug-likeness (QED) is 0.849. The van der Waals surface area contributed by atoms with Gasteiger partial charge in [-0.2, -0.15) is 0 Å². The van der Waals surface area contributed by atoms with E-state index in [-0.39, 0.29) is 17.7 Å². The third-order valence-electron chi connectivity index (χ3n) is 3.03. The largest absolute Gasteiger partial charge is 0.355 e. The zero-order chi connectivity index (χ0) is 12.3. The second-order valence-electron chi connectivity index (χ2n) is 4.28. The van der Waals surface area contributed by atoms with E-state index < -0.39 is 0 Å². The van der Waals surface area contributed by atoms with Crippen molar-refractivity contribution >= 4 is 23.2 Å². The first-order valence-corrected chi connectivity index (χ1v) is 6.62. The average Bonchev–Trinajstić information content (AvgIpc) is 2.73. The Bertz CT molecular complexity index is 418. The standard InChI is InChI=1S/C12H16N2O2S/c1-8-4-5-17-10(8)7-14-12(16)9-2-3-11(15)13-6-9/h4-5,9H,2-3,6-7H2,1H3,(H,13,15)(H,14,16). The van der Waals surface area contributed by atoms with Crippen molar-refractivity contribution in [3.05, 3.63) is 21.9 Å². The van der Waals surface area contributed by atoms with Crippen LogP contribution in [0.3, 0.4) is 0 Å². The molecule has 2 heterocycles. The van der Waals surface area contributed by atoms with Gasteiger partial charge in [0.05, 0.1) is 12.5 Å². The summed E-state index contributed by atoms with van der Waals surface area (Å²) in [5, 5.41) is 7.68. The van der Waals surface area contributed by atoms with Crippen LogP contribution in [0.2, 0.25) is 0 Å². The van der Waals surface area contributed by atoms with Gasteiger partial charge in [0.1, 0.15) is 0 Å². The van der Waals surface area contributed by atoms with E-state index in [9.17, 15) is 9.59 Å². The van der Waals surface area contributed by atoms with Crippen molar-refractivity contribution in [1.82, 2.24) is 10.6 Å². The van der Waals surface area contributed by atoms with Crippen LogP contribution in [0, 0.1) is 12.8 Å². The lowest BCUT2D eigenvalue weighted by Crippen LogP contribution is -2.42. The topological polar surface area (TPSA) is 58.2 Å². The lowest BCUT2D eigenvalue weighted by atomic mass is 9.98. The van der Waals surface area contributed by atoms with Crippen LogP contribution in [0.25, 0.3) is 0 Å². The molecule has 2 amide bonds. The second kappa shape index (κ2) is 5.31. The summed E-state index contributed by atoms with van der Waals surface area (Å²) in [5.74, 6) is 0.00826. The maximum atomic E-state index is 11.9. The normalized spacial score (nSPS) is 19.8. The molecule has 5 heteroatoms. The van der Waals surface area contributed by atoms with Gasteiger partial charge in [-0.3, -0.25) is 9.59 Å². The van der Waals surface area contributed by atoms with Gasteiger partial charge >= 0.3 is 0 Å². The van der Waals surface area contributed by atoms with Crippen LogP contribution in [0.5, 0.6) is 0 Å². The maximum absolute atomic E-state index is 11.9. The first-order valence-electron chi connectivity index (χ1n) is 5.74. The van der Waals surface area contributed by atoms with Crippen molar-refractivity contribution in [2.45, 2.75) is 26.3 Å². The van der Waals surface area contributed by atoms with Gasteiger partial charge in [0.25, 0.3) is 0 Å². The minimum absolute atomic E-state index is 0.0396. The zero-order valence-corrected chi connectivity index (χ0v) is 10.6. The van der Waals surface area contributed by atoms with Crippen molar-refractivity contribution in [2.75, 3.05) is 6.54 Å². The van der Waals surface area contributed by atoms with Gasteiger partial charge in [-0.1, -0.05) is 0 Å². The molecule has 1 aliphatic rings. The first kappa shape index (κ1) is 12.1. The number of aryl methyl sites for hydroxylation is 1. The van der Waals surface area contributed by atoms with E-state index in [1.54, 1.807) is 11.3 Å². The molecular weight excluding hydrogens is 236 g/mol. The highest BCUT2D eigenvalue weighted by atomic mass is 32.1. The number of nitrogens with one attached hydrogen (secondary N) is 2. The fourth-order valence-electron chi connectivity index (χ4n) is 1.85. The summed E-state index contributed by atoms with van der Waals surface area (Å²) in [5.41, 5.74) is 1.22. The number of hydrogen-bond donors (Lipinski definition) is 2. The van der Waals surface area contributed by atoms with E-state index in [0.29, 0.717) is 25.9 Å². The molecule has 2 rings (SSSR count). The predicted molar refractivity (Wildman–Crippen MR) is 66.6 cm³/mol. The summed E-state index contributed by atoms with van der Waals surface area (Å²) in [6.07, 6.45) is 1.11. The molecule has 2 N–H and O–H groups in total. The van der Waals surface area contributed by atoms with Gasteiger partial charge < -0.3 is 10.6 Å². The Morgan fingerprint density at radius 3 is 3.06 bits per heavy atom. The number of piperidine rings is 1. The molecule has 92 valence electrons. The Morgan fingerprint density at radius 1 is 1.65 bits per heavy atom. The van der Waals surface area contributed by atoms with E-state index in [2.05, 4.69) is 10.6 Å². The molecule has 17 heavy (non-hydrogen) atoms. The molecule has 0 radical (unpaired) electrons. The van der Waals surface area contributed by atoms with Crippen LogP contribution in [0.1, 0.15) is 23.3 Å². The minimum atomic E-state index is -0.0760. The molecule has 1 atom stereocenters. The molecule has 1 aromatic heterocycles. The zero-order valence-electron chi connectivity index (χ0n) is 9.79. The van der Waals surface area contributed by atoms with Gasteiger partial charge in [-0.05, 0) is 30.4 Å². The van der Waals surface area contributed by atoms with E-state index in [0.717, 1.165) is 0 Å². The molecule has 0 bridgehead atoms. The smallest absolute Gasteiger partial charge is 0.225 e. The van der Waals surface area contributed by atoms with E-state index in [4.69, 9.17) is 0 Å². The molecule has 1 aromatic rings. The van der Waals surface area contributed by atoms with Crippen molar-refractivity contribution in [1.29, 1.82) is 0 Å². The maximum Gasteiger partial charge on any atom is 0.225 e. The molecular formula is C12H16N2O2S. The SMILES string of the molecule is Cc1ccsc1CNC(=O)C1CCC(=O)NC1. The fraction of sp³-hybridized carbons (Fsp3) is 0.500. The predicted octanol–water partition coefficient (Wildman–Crippen LogP) is 1.20. The van der Waals surface area contributed by atoms with Crippen LogP contribution in [-0.4, -0.2) is 18.4 Å². The van der Waals surface area contributed by atoms with Crippen LogP contribution >= 0.6 is 11.3 Å². The Balaban J connectivity index is 1.81. The van der Waals surface area contributed by atoms with Crippen LogP contribution in [0.4, 0.5) is 0 Å². The second-order valence-corrected chi connectivity index (χ2v) is 5.28. The number of carbonyl (C=O) groups is 2. The summed E-state index contributed by atoms with van der Waals surface area (Å²) in [4.78, 5) is 24.0. The van der Waals surface area contributed by atoms with Crippen LogP contribution in [0.15, 0.2) is 11.4 Å². The summed E-state index contributed by atoms with van der Waals surface area (Å²) < 4.78 is 0. The van der Waals surface area contributed by atoms with Crippen LogP contribution in [-0.2, 0) is 16.1 Å². The summed E-state index contributed by atoms with van der Waals surface area (Å²) in [6, 6.07) is 2.05. The number of thiophene rings is 1. The van der Waals surface area contributed by atoms with Crippen molar-refractivity contribution in [3.63, 3.8) is 0 Å². The Kier molecular flexibility index (Phi) is 3.78. The Labute approximate surface area is 104 Å². The minimum Gasteiger partial charge on any atom is -0.355 e. The molecule has 0 spiro atoms. The lowest BCUT2D eigenvalue weighted by Gasteiger charge is -2.21. The van der Waals surface area contributed by atoms with Gasteiger partial charge in [0.15, 0.2) is 0 Å². The van der Waals surface area contributed by atoms with Crippen molar-refractivity contribution in [3.8, 4) is 0 Å². The van der Waals surface area contributed by atoms with Crippen LogP contribution < -0.4 is 10.6 Å².